The van der Waals surface area contributed by atoms with Crippen LogP contribution in [0.4, 0.5) is 4.39 Å². The van der Waals surface area contributed by atoms with E-state index in [4.69, 9.17) is 0 Å². The van der Waals surface area contributed by atoms with Gasteiger partial charge in [-0.15, -0.1) is 0 Å². The smallest absolute Gasteiger partial charge is 0.240 e. The highest BCUT2D eigenvalue weighted by atomic mass is 79.9. The maximum atomic E-state index is 13.5. The highest BCUT2D eigenvalue weighted by molar-refractivity contribution is 9.10. The quantitative estimate of drug-likeness (QED) is 0.851. The lowest BCUT2D eigenvalue weighted by molar-refractivity contribution is 0.117. The van der Waals surface area contributed by atoms with E-state index in [1.165, 1.54) is 12.1 Å². The minimum atomic E-state index is -3.70. The number of hydrogen-bond acceptors (Lipinski definition) is 4. The fraction of sp³-hybridized carbons (Fsp3) is 0.538. The Morgan fingerprint density at radius 1 is 1.38 bits per heavy atom. The van der Waals surface area contributed by atoms with Gasteiger partial charge >= 0.3 is 0 Å². The van der Waals surface area contributed by atoms with Gasteiger partial charge in [0.05, 0.1) is 9.37 Å². The Kier molecular flexibility index (Phi) is 5.37. The number of piperazine rings is 1. The van der Waals surface area contributed by atoms with Gasteiger partial charge < -0.3 is 4.90 Å². The molecule has 0 spiro atoms. The summed E-state index contributed by atoms with van der Waals surface area (Å²) in [6.45, 7) is 2.97. The lowest BCUT2D eigenvalue weighted by Gasteiger charge is -2.37. The number of nitrogens with one attached hydrogen (secondary N) is 1. The van der Waals surface area contributed by atoms with Crippen molar-refractivity contribution in [3.63, 3.8) is 0 Å². The second kappa shape index (κ2) is 6.70. The number of halogens is 2. The summed E-state index contributed by atoms with van der Waals surface area (Å²) in [5.74, 6) is -0.590. The molecule has 21 heavy (non-hydrogen) atoms. The third kappa shape index (κ3) is 4.23. The highest BCUT2D eigenvalue weighted by Crippen LogP contribution is 2.19. The topological polar surface area (TPSA) is 52.6 Å². The second-order valence-corrected chi connectivity index (χ2v) is 7.95. The molecule has 2 rings (SSSR count). The zero-order valence-electron chi connectivity index (χ0n) is 12.0. The molecule has 1 N–H and O–H groups in total. The maximum Gasteiger partial charge on any atom is 0.240 e. The second-order valence-electron chi connectivity index (χ2n) is 5.32. The SMILES string of the molecule is CN1CCN(C)C(CNS(=O)(=O)c2ccc(Br)c(F)c2)C1. The molecule has 0 amide bonds. The lowest BCUT2D eigenvalue weighted by atomic mass is 10.2. The predicted molar refractivity (Wildman–Crippen MR) is 83.2 cm³/mol. The Bertz CT molecular complexity index is 611. The van der Waals surface area contributed by atoms with Crippen molar-refractivity contribution in [1.82, 2.24) is 14.5 Å². The number of hydrogen-bond donors (Lipinski definition) is 1. The summed E-state index contributed by atoms with van der Waals surface area (Å²) in [4.78, 5) is 4.23. The summed E-state index contributed by atoms with van der Waals surface area (Å²) < 4.78 is 40.7. The molecule has 1 heterocycles. The van der Waals surface area contributed by atoms with Gasteiger partial charge in [-0.05, 0) is 48.2 Å². The van der Waals surface area contributed by atoms with E-state index in [2.05, 4.69) is 30.5 Å². The Morgan fingerprint density at radius 3 is 2.76 bits per heavy atom. The monoisotopic (exact) mass is 379 g/mol. The molecule has 1 atom stereocenters. The van der Waals surface area contributed by atoms with Gasteiger partial charge in [0.25, 0.3) is 0 Å². The van der Waals surface area contributed by atoms with Crippen molar-refractivity contribution in [3.8, 4) is 0 Å². The van der Waals surface area contributed by atoms with Gasteiger partial charge in [0, 0.05) is 32.2 Å². The van der Waals surface area contributed by atoms with Crippen LogP contribution in [0.15, 0.2) is 27.6 Å². The minimum Gasteiger partial charge on any atom is -0.303 e. The molecule has 0 radical (unpaired) electrons. The van der Waals surface area contributed by atoms with E-state index in [1.807, 2.05) is 14.1 Å². The van der Waals surface area contributed by atoms with E-state index in [9.17, 15) is 12.8 Å². The molecule has 1 aliphatic rings. The van der Waals surface area contributed by atoms with Crippen LogP contribution in [0, 0.1) is 5.82 Å². The van der Waals surface area contributed by atoms with Crippen LogP contribution in [-0.2, 0) is 10.0 Å². The molecule has 1 fully saturated rings. The summed E-state index contributed by atoms with van der Waals surface area (Å²) in [5.41, 5.74) is 0. The largest absolute Gasteiger partial charge is 0.303 e. The van der Waals surface area contributed by atoms with Crippen LogP contribution in [0.1, 0.15) is 0 Å². The van der Waals surface area contributed by atoms with Gasteiger partial charge in [-0.3, -0.25) is 4.90 Å². The van der Waals surface area contributed by atoms with E-state index < -0.39 is 15.8 Å². The molecule has 1 aromatic rings. The number of nitrogens with zero attached hydrogens (tertiary/aromatic N) is 2. The summed E-state index contributed by atoms with van der Waals surface area (Å²) >= 11 is 3.01. The van der Waals surface area contributed by atoms with Gasteiger partial charge in [0.2, 0.25) is 10.0 Å². The van der Waals surface area contributed by atoms with Crippen LogP contribution in [0.5, 0.6) is 0 Å². The van der Waals surface area contributed by atoms with Crippen LogP contribution in [0.3, 0.4) is 0 Å². The van der Waals surface area contributed by atoms with Crippen molar-refractivity contribution in [3.05, 3.63) is 28.5 Å². The van der Waals surface area contributed by atoms with E-state index >= 15 is 0 Å². The van der Waals surface area contributed by atoms with E-state index in [-0.39, 0.29) is 15.4 Å². The number of sulfonamides is 1. The minimum absolute atomic E-state index is 0.0602. The Morgan fingerprint density at radius 2 is 2.10 bits per heavy atom. The van der Waals surface area contributed by atoms with Gasteiger partial charge in [-0.25, -0.2) is 17.5 Å². The molecule has 1 saturated heterocycles. The van der Waals surface area contributed by atoms with E-state index in [0.29, 0.717) is 6.54 Å². The van der Waals surface area contributed by atoms with Gasteiger partial charge in [0.15, 0.2) is 0 Å². The molecular formula is C13H19BrFN3O2S. The molecule has 8 heteroatoms. The molecule has 1 aromatic carbocycles. The Labute approximate surface area is 133 Å². The van der Waals surface area contributed by atoms with Crippen molar-refractivity contribution in [1.29, 1.82) is 0 Å². The van der Waals surface area contributed by atoms with Crippen LogP contribution in [0.2, 0.25) is 0 Å². The summed E-state index contributed by atoms with van der Waals surface area (Å²) in [6.07, 6.45) is 0. The van der Waals surface area contributed by atoms with Crippen LogP contribution in [-0.4, -0.2) is 64.5 Å². The molecule has 0 bridgehead atoms. The Balaban J connectivity index is 2.05. The molecule has 1 unspecified atom stereocenters. The van der Waals surface area contributed by atoms with E-state index in [0.717, 1.165) is 25.7 Å². The molecule has 1 aliphatic heterocycles. The zero-order valence-corrected chi connectivity index (χ0v) is 14.4. The zero-order chi connectivity index (χ0) is 15.6. The third-order valence-corrected chi connectivity index (χ3v) is 5.75. The Hall–Kier alpha value is -0.540. The lowest BCUT2D eigenvalue weighted by Crippen LogP contribution is -2.54. The molecule has 5 nitrogen and oxygen atoms in total. The first kappa shape index (κ1) is 16.8. The molecule has 0 aromatic heterocycles. The molecular weight excluding hydrogens is 361 g/mol. The van der Waals surface area contributed by atoms with E-state index in [1.54, 1.807) is 0 Å². The molecule has 0 aliphatic carbocycles. The standard InChI is InChI=1S/C13H19BrFN3O2S/c1-17-5-6-18(2)10(9-17)8-16-21(19,20)11-3-4-12(14)13(15)7-11/h3-4,7,10,16H,5-6,8-9H2,1-2H3. The highest BCUT2D eigenvalue weighted by Gasteiger charge is 2.24. The van der Waals surface area contributed by atoms with Gasteiger partial charge in [-0.2, -0.15) is 0 Å². The average molecular weight is 380 g/mol. The number of rotatable bonds is 4. The van der Waals surface area contributed by atoms with Gasteiger partial charge in [-0.1, -0.05) is 0 Å². The fourth-order valence-electron chi connectivity index (χ4n) is 2.26. The van der Waals surface area contributed by atoms with Crippen molar-refractivity contribution >= 4 is 26.0 Å². The number of benzene rings is 1. The number of likely N-dealkylation sites (N-methyl/N-ethyl adjacent to an activating group) is 2. The van der Waals surface area contributed by atoms with Crippen LogP contribution >= 0.6 is 15.9 Å². The molecule has 0 saturated carbocycles. The fourth-order valence-corrected chi connectivity index (χ4v) is 3.59. The van der Waals surface area contributed by atoms with Crippen LogP contribution in [0.25, 0.3) is 0 Å². The van der Waals surface area contributed by atoms with Crippen molar-refractivity contribution in [2.75, 3.05) is 40.3 Å². The summed E-state index contributed by atoms with van der Waals surface area (Å²) in [7, 11) is 0.294. The maximum absolute atomic E-state index is 13.5. The predicted octanol–water partition coefficient (Wildman–Crippen LogP) is 1.11. The van der Waals surface area contributed by atoms with Crippen molar-refractivity contribution < 1.29 is 12.8 Å². The van der Waals surface area contributed by atoms with Crippen molar-refractivity contribution in [2.24, 2.45) is 0 Å². The molecule has 118 valence electrons. The third-order valence-electron chi connectivity index (χ3n) is 3.69. The van der Waals surface area contributed by atoms with Gasteiger partial charge in [0.1, 0.15) is 5.82 Å². The average Bonchev–Trinajstić information content (AvgIpc) is 2.43. The summed E-state index contributed by atoms with van der Waals surface area (Å²) in [5, 5.41) is 0. The normalized spacial score (nSPS) is 21.6. The van der Waals surface area contributed by atoms with Crippen molar-refractivity contribution in [2.45, 2.75) is 10.9 Å². The first-order valence-corrected chi connectivity index (χ1v) is 8.91. The van der Waals surface area contributed by atoms with Crippen LogP contribution < -0.4 is 4.72 Å². The summed E-state index contributed by atoms with van der Waals surface area (Å²) in [6, 6.07) is 3.90. The first-order chi connectivity index (χ1) is 9.79. The first-order valence-electron chi connectivity index (χ1n) is 6.63.